The van der Waals surface area contributed by atoms with E-state index in [9.17, 15) is 18.0 Å². The van der Waals surface area contributed by atoms with Gasteiger partial charge in [-0.1, -0.05) is 36.4 Å². The van der Waals surface area contributed by atoms with E-state index in [0.717, 1.165) is 34.1 Å². The first-order chi connectivity index (χ1) is 17.7. The van der Waals surface area contributed by atoms with Crippen LogP contribution in [0, 0.1) is 13.8 Å². The van der Waals surface area contributed by atoms with Crippen molar-refractivity contribution in [3.63, 3.8) is 0 Å². The molecule has 2 aromatic carbocycles. The van der Waals surface area contributed by atoms with Gasteiger partial charge in [-0.2, -0.15) is 13.2 Å². The van der Waals surface area contributed by atoms with E-state index < -0.39 is 11.7 Å². The summed E-state index contributed by atoms with van der Waals surface area (Å²) in [5.74, 6) is -0.147. The third-order valence-electron chi connectivity index (χ3n) is 7.23. The van der Waals surface area contributed by atoms with Gasteiger partial charge in [-0.3, -0.25) is 4.79 Å². The molecule has 0 radical (unpaired) electrons. The maximum Gasteiger partial charge on any atom is 0.416 e. The minimum absolute atomic E-state index is 0.0274. The van der Waals surface area contributed by atoms with Crippen LogP contribution in [0.15, 0.2) is 73.1 Å². The van der Waals surface area contributed by atoms with Gasteiger partial charge in [0.05, 0.1) is 11.3 Å². The molecule has 5 nitrogen and oxygen atoms in total. The highest BCUT2D eigenvalue weighted by atomic mass is 19.4. The Labute approximate surface area is 214 Å². The van der Waals surface area contributed by atoms with Crippen molar-refractivity contribution >= 4 is 17.2 Å². The molecule has 0 N–H and O–H groups in total. The predicted octanol–water partition coefficient (Wildman–Crippen LogP) is 5.84. The van der Waals surface area contributed by atoms with Gasteiger partial charge in [-0.15, -0.1) is 0 Å². The molecule has 1 amide bonds. The highest BCUT2D eigenvalue weighted by Crippen LogP contribution is 2.34. The molecule has 4 aromatic rings. The number of nitrogens with zero attached hydrogens (tertiary/aromatic N) is 4. The maximum atomic E-state index is 13.5. The average Bonchev–Trinajstić information content (AvgIpc) is 3.33. The molecule has 37 heavy (non-hydrogen) atoms. The summed E-state index contributed by atoms with van der Waals surface area (Å²) in [6, 6.07) is 17.5. The van der Waals surface area contributed by atoms with Gasteiger partial charge in [0.25, 0.3) is 0 Å². The topological polar surface area (TPSA) is 40.9 Å². The molecular formula is C29H29F3N4O. The molecule has 1 aliphatic rings. The summed E-state index contributed by atoms with van der Waals surface area (Å²) in [5, 5.41) is 0. The quantitative estimate of drug-likeness (QED) is 0.342. The Morgan fingerprint density at radius 3 is 2.41 bits per heavy atom. The van der Waals surface area contributed by atoms with E-state index in [4.69, 9.17) is 0 Å². The Morgan fingerprint density at radius 1 is 0.946 bits per heavy atom. The second-order valence-electron chi connectivity index (χ2n) is 9.60. The first-order valence-corrected chi connectivity index (χ1v) is 12.4. The number of aromatic nitrogens is 2. The SMILES string of the molecule is Cc1ccccc1C(CC(=O)N1CCN(c2cccc(C(F)(F)F)c2)CC1)c1cnc2c(C)cccn12. The molecule has 0 bridgehead atoms. The lowest BCUT2D eigenvalue weighted by molar-refractivity contribution is -0.137. The Morgan fingerprint density at radius 2 is 1.68 bits per heavy atom. The molecule has 1 aliphatic heterocycles. The Balaban J connectivity index is 1.35. The number of halogens is 3. The van der Waals surface area contributed by atoms with Crippen LogP contribution in [0.1, 0.15) is 40.3 Å². The van der Waals surface area contributed by atoms with Crippen LogP contribution in [0.2, 0.25) is 0 Å². The number of piperazine rings is 1. The van der Waals surface area contributed by atoms with Crippen molar-refractivity contribution in [2.45, 2.75) is 32.4 Å². The fourth-order valence-corrected chi connectivity index (χ4v) is 5.18. The van der Waals surface area contributed by atoms with Crippen LogP contribution < -0.4 is 4.90 Å². The van der Waals surface area contributed by atoms with E-state index >= 15 is 0 Å². The zero-order valence-electron chi connectivity index (χ0n) is 20.9. The average molecular weight is 507 g/mol. The molecule has 0 aliphatic carbocycles. The Hall–Kier alpha value is -3.81. The number of imidazole rings is 1. The number of anilines is 1. The lowest BCUT2D eigenvalue weighted by Gasteiger charge is -2.37. The molecule has 8 heteroatoms. The maximum absolute atomic E-state index is 13.5. The fourth-order valence-electron chi connectivity index (χ4n) is 5.18. The Bertz CT molecular complexity index is 1420. The lowest BCUT2D eigenvalue weighted by atomic mass is 9.89. The number of amides is 1. The number of aryl methyl sites for hydroxylation is 2. The van der Waals surface area contributed by atoms with Crippen molar-refractivity contribution in [2.24, 2.45) is 0 Å². The van der Waals surface area contributed by atoms with Crippen LogP contribution in [0.3, 0.4) is 0 Å². The summed E-state index contributed by atoms with van der Waals surface area (Å²) in [6.07, 6.45) is -0.253. The first-order valence-electron chi connectivity index (χ1n) is 12.4. The first kappa shape index (κ1) is 24.9. The second-order valence-corrected chi connectivity index (χ2v) is 9.60. The number of hydrogen-bond donors (Lipinski definition) is 0. The van der Waals surface area contributed by atoms with E-state index in [-0.39, 0.29) is 18.2 Å². The van der Waals surface area contributed by atoms with Crippen molar-refractivity contribution in [3.8, 4) is 0 Å². The standard InChI is InChI=1S/C29H29F3N4O/c1-20-7-3-4-11-24(20)25(26-19-33-28-21(2)8-6-12-36(26)28)18-27(37)35-15-13-34(14-16-35)23-10-5-9-22(17-23)29(30,31)32/h3-12,17,19,25H,13-16,18H2,1-2H3. The van der Waals surface area contributed by atoms with E-state index in [1.54, 1.807) is 6.07 Å². The van der Waals surface area contributed by atoms with Crippen LogP contribution >= 0.6 is 0 Å². The summed E-state index contributed by atoms with van der Waals surface area (Å²) in [6.45, 7) is 5.95. The molecule has 1 saturated heterocycles. The molecule has 5 rings (SSSR count). The highest BCUT2D eigenvalue weighted by Gasteiger charge is 2.32. The molecule has 1 unspecified atom stereocenters. The molecule has 1 atom stereocenters. The minimum Gasteiger partial charge on any atom is -0.368 e. The largest absolute Gasteiger partial charge is 0.416 e. The Kier molecular flexibility index (Phi) is 6.67. The van der Waals surface area contributed by atoms with E-state index in [0.29, 0.717) is 31.9 Å². The molecular weight excluding hydrogens is 477 g/mol. The number of fused-ring (bicyclic) bond motifs is 1. The molecule has 3 heterocycles. The van der Waals surface area contributed by atoms with E-state index in [1.807, 2.05) is 53.4 Å². The van der Waals surface area contributed by atoms with Gasteiger partial charge < -0.3 is 14.2 Å². The van der Waals surface area contributed by atoms with Gasteiger partial charge in [0.15, 0.2) is 0 Å². The number of rotatable bonds is 5. The van der Waals surface area contributed by atoms with E-state index in [2.05, 4.69) is 28.4 Å². The molecule has 0 spiro atoms. The third kappa shape index (κ3) is 5.05. The molecule has 0 saturated carbocycles. The van der Waals surface area contributed by atoms with Crippen molar-refractivity contribution in [2.75, 3.05) is 31.1 Å². The summed E-state index contributed by atoms with van der Waals surface area (Å²) >= 11 is 0. The monoisotopic (exact) mass is 506 g/mol. The second kappa shape index (κ2) is 9.92. The van der Waals surface area contributed by atoms with Gasteiger partial charge in [0, 0.05) is 56.6 Å². The molecule has 1 fully saturated rings. The third-order valence-corrected chi connectivity index (χ3v) is 7.23. The van der Waals surface area contributed by atoms with Gasteiger partial charge in [0.2, 0.25) is 5.91 Å². The van der Waals surface area contributed by atoms with Crippen LogP contribution in [0.4, 0.5) is 18.9 Å². The zero-order valence-corrected chi connectivity index (χ0v) is 20.9. The number of benzene rings is 2. The van der Waals surface area contributed by atoms with Gasteiger partial charge >= 0.3 is 6.18 Å². The summed E-state index contributed by atoms with van der Waals surface area (Å²) < 4.78 is 41.5. The highest BCUT2D eigenvalue weighted by molar-refractivity contribution is 5.78. The number of hydrogen-bond acceptors (Lipinski definition) is 3. The summed E-state index contributed by atoms with van der Waals surface area (Å²) in [7, 11) is 0. The summed E-state index contributed by atoms with van der Waals surface area (Å²) in [4.78, 5) is 21.9. The van der Waals surface area contributed by atoms with Crippen LogP contribution in [0.5, 0.6) is 0 Å². The van der Waals surface area contributed by atoms with Crippen molar-refractivity contribution in [1.82, 2.24) is 14.3 Å². The summed E-state index contributed by atoms with van der Waals surface area (Å²) in [5.41, 5.74) is 4.96. The van der Waals surface area contributed by atoms with Gasteiger partial charge in [0.1, 0.15) is 5.65 Å². The lowest BCUT2D eigenvalue weighted by Crippen LogP contribution is -2.49. The number of alkyl halides is 3. The van der Waals surface area contributed by atoms with Crippen molar-refractivity contribution in [1.29, 1.82) is 0 Å². The van der Waals surface area contributed by atoms with Crippen molar-refractivity contribution in [3.05, 3.63) is 101 Å². The number of carbonyl (C=O) groups excluding carboxylic acids is 1. The van der Waals surface area contributed by atoms with E-state index in [1.165, 1.54) is 12.1 Å². The normalized spacial score (nSPS) is 15.3. The minimum atomic E-state index is -4.38. The molecule has 192 valence electrons. The number of carbonyl (C=O) groups is 1. The molecule has 2 aromatic heterocycles. The smallest absolute Gasteiger partial charge is 0.368 e. The zero-order chi connectivity index (χ0) is 26.2. The predicted molar refractivity (Wildman–Crippen MR) is 138 cm³/mol. The van der Waals surface area contributed by atoms with Gasteiger partial charge in [-0.25, -0.2) is 4.98 Å². The number of pyridine rings is 1. The van der Waals surface area contributed by atoms with Crippen LogP contribution in [0.25, 0.3) is 5.65 Å². The van der Waals surface area contributed by atoms with Crippen molar-refractivity contribution < 1.29 is 18.0 Å². The van der Waals surface area contributed by atoms with Crippen LogP contribution in [-0.2, 0) is 11.0 Å². The fraction of sp³-hybridized carbons (Fsp3) is 0.310. The van der Waals surface area contributed by atoms with Gasteiger partial charge in [-0.05, 0) is 54.8 Å². The van der Waals surface area contributed by atoms with Crippen LogP contribution in [-0.4, -0.2) is 46.4 Å².